The molecule has 1 unspecified atom stereocenters. The Kier molecular flexibility index (Phi) is 3.76. The van der Waals surface area contributed by atoms with E-state index in [0.717, 1.165) is 10.2 Å². The van der Waals surface area contributed by atoms with Gasteiger partial charge in [-0.15, -0.1) is 0 Å². The van der Waals surface area contributed by atoms with Crippen molar-refractivity contribution >= 4 is 21.8 Å². The Balaban J connectivity index is 2.08. The van der Waals surface area contributed by atoms with Gasteiger partial charge in [0, 0.05) is 16.9 Å². The van der Waals surface area contributed by atoms with Gasteiger partial charge in [0.15, 0.2) is 0 Å². The summed E-state index contributed by atoms with van der Waals surface area (Å²) in [6, 6.07) is 1.42. The molecule has 1 N–H and O–H groups in total. The largest absolute Gasteiger partial charge is 0.444 e. The molecule has 2 rings (SSSR count). The zero-order chi connectivity index (χ0) is 13.1. The third kappa shape index (κ3) is 2.95. The maximum absolute atomic E-state index is 11.9. The molecule has 18 heavy (non-hydrogen) atoms. The molecule has 0 aliphatic rings. The molecule has 2 aromatic rings. The van der Waals surface area contributed by atoms with Crippen LogP contribution in [0.5, 0.6) is 0 Å². The fourth-order valence-corrected chi connectivity index (χ4v) is 1.81. The summed E-state index contributed by atoms with van der Waals surface area (Å²) in [5, 5.41) is 2.80. The van der Waals surface area contributed by atoms with Crippen molar-refractivity contribution in [3.8, 4) is 0 Å². The maximum Gasteiger partial charge on any atom is 0.253 e. The summed E-state index contributed by atoms with van der Waals surface area (Å²) in [5.74, 6) is 0.992. The minimum absolute atomic E-state index is 0.216. The highest BCUT2D eigenvalue weighted by Crippen LogP contribution is 2.14. The van der Waals surface area contributed by atoms with Crippen LogP contribution in [0.25, 0.3) is 0 Å². The molecule has 2 heterocycles. The van der Waals surface area contributed by atoms with Gasteiger partial charge < -0.3 is 9.73 Å². The van der Waals surface area contributed by atoms with Crippen LogP contribution in [0.4, 0.5) is 0 Å². The molecule has 0 aliphatic carbocycles. The third-order valence-electron chi connectivity index (χ3n) is 2.32. The lowest BCUT2D eigenvalue weighted by atomic mass is 10.2. The molecule has 94 valence electrons. The molecule has 0 radical (unpaired) electrons. The van der Waals surface area contributed by atoms with E-state index in [4.69, 9.17) is 4.42 Å². The molecule has 0 saturated heterocycles. The molecule has 0 bridgehead atoms. The number of pyridine rings is 1. The van der Waals surface area contributed by atoms with Crippen LogP contribution in [0.2, 0.25) is 0 Å². The van der Waals surface area contributed by atoms with Crippen molar-refractivity contribution in [2.24, 2.45) is 0 Å². The standard InChI is InChI=1S/C12H12BrN3O2/c1-7-4-15-12(18-7)8(2)16-11(17)9-3-10(13)6-14-5-9/h3-6,8H,1-2H3,(H,16,17). The normalized spacial score (nSPS) is 12.2. The Hall–Kier alpha value is -1.69. The van der Waals surface area contributed by atoms with E-state index < -0.39 is 0 Å². The second kappa shape index (κ2) is 5.30. The molecule has 0 aliphatic heterocycles. The first-order valence-corrected chi connectivity index (χ1v) is 6.19. The predicted octanol–water partition coefficient (Wildman–Crippen LogP) is 2.63. The predicted molar refractivity (Wildman–Crippen MR) is 69.1 cm³/mol. The van der Waals surface area contributed by atoms with Crippen molar-refractivity contribution in [3.63, 3.8) is 0 Å². The molecule has 1 atom stereocenters. The molecular formula is C12H12BrN3O2. The van der Waals surface area contributed by atoms with Gasteiger partial charge in [-0.05, 0) is 35.8 Å². The maximum atomic E-state index is 11.9. The minimum atomic E-state index is -0.287. The Morgan fingerprint density at radius 1 is 1.44 bits per heavy atom. The van der Waals surface area contributed by atoms with E-state index in [1.165, 1.54) is 6.20 Å². The number of carbonyl (C=O) groups is 1. The lowest BCUT2D eigenvalue weighted by Gasteiger charge is -2.10. The fraction of sp³-hybridized carbons (Fsp3) is 0.250. The van der Waals surface area contributed by atoms with E-state index in [1.807, 2.05) is 13.8 Å². The van der Waals surface area contributed by atoms with Gasteiger partial charge in [0.05, 0.1) is 11.8 Å². The van der Waals surface area contributed by atoms with Crippen LogP contribution in [0, 0.1) is 6.92 Å². The van der Waals surface area contributed by atoms with E-state index >= 15 is 0 Å². The summed E-state index contributed by atoms with van der Waals surface area (Å²) in [6.07, 6.45) is 4.75. The number of amides is 1. The summed E-state index contributed by atoms with van der Waals surface area (Å²) >= 11 is 3.27. The molecule has 5 nitrogen and oxygen atoms in total. The van der Waals surface area contributed by atoms with Crippen LogP contribution >= 0.6 is 15.9 Å². The number of halogens is 1. The second-order valence-corrected chi connectivity index (χ2v) is 4.81. The van der Waals surface area contributed by atoms with Gasteiger partial charge in [0.25, 0.3) is 5.91 Å². The van der Waals surface area contributed by atoms with Gasteiger partial charge in [-0.2, -0.15) is 0 Å². The number of nitrogens with zero attached hydrogens (tertiary/aromatic N) is 2. The summed E-state index contributed by atoms with van der Waals surface area (Å²) < 4.78 is 6.11. The molecule has 2 aromatic heterocycles. The van der Waals surface area contributed by atoms with Gasteiger partial charge in [-0.25, -0.2) is 4.98 Å². The van der Waals surface area contributed by atoms with Crippen molar-refractivity contribution in [1.82, 2.24) is 15.3 Å². The molecule has 0 fully saturated rings. The first-order valence-electron chi connectivity index (χ1n) is 5.40. The topological polar surface area (TPSA) is 68.0 Å². The number of aromatic nitrogens is 2. The second-order valence-electron chi connectivity index (χ2n) is 3.90. The zero-order valence-corrected chi connectivity index (χ0v) is 11.6. The number of aryl methyl sites for hydroxylation is 1. The van der Waals surface area contributed by atoms with Crippen LogP contribution in [-0.2, 0) is 0 Å². The number of nitrogens with one attached hydrogen (secondary N) is 1. The van der Waals surface area contributed by atoms with Crippen molar-refractivity contribution in [2.75, 3.05) is 0 Å². The van der Waals surface area contributed by atoms with E-state index in [9.17, 15) is 4.79 Å². The lowest BCUT2D eigenvalue weighted by molar-refractivity contribution is 0.0933. The number of hydrogen-bond acceptors (Lipinski definition) is 4. The van der Waals surface area contributed by atoms with Crippen LogP contribution in [-0.4, -0.2) is 15.9 Å². The van der Waals surface area contributed by atoms with Crippen LogP contribution in [0.1, 0.15) is 35.0 Å². The molecule has 1 amide bonds. The van der Waals surface area contributed by atoms with Crippen LogP contribution in [0.3, 0.4) is 0 Å². The number of hydrogen-bond donors (Lipinski definition) is 1. The van der Waals surface area contributed by atoms with Gasteiger partial charge in [-0.1, -0.05) is 0 Å². The first-order chi connectivity index (χ1) is 8.56. The van der Waals surface area contributed by atoms with Crippen molar-refractivity contribution in [1.29, 1.82) is 0 Å². The van der Waals surface area contributed by atoms with E-state index in [-0.39, 0.29) is 11.9 Å². The van der Waals surface area contributed by atoms with Crippen molar-refractivity contribution < 1.29 is 9.21 Å². The quantitative estimate of drug-likeness (QED) is 0.946. The number of carbonyl (C=O) groups excluding carboxylic acids is 1. The summed E-state index contributed by atoms with van der Waals surface area (Å²) in [5.41, 5.74) is 0.486. The van der Waals surface area contributed by atoms with Crippen LogP contribution < -0.4 is 5.32 Å². The zero-order valence-electron chi connectivity index (χ0n) is 9.98. The molecule has 0 saturated carbocycles. The van der Waals surface area contributed by atoms with Crippen molar-refractivity contribution in [3.05, 3.63) is 46.3 Å². The Morgan fingerprint density at radius 2 is 2.22 bits per heavy atom. The van der Waals surface area contributed by atoms with Crippen molar-refractivity contribution in [2.45, 2.75) is 19.9 Å². The minimum Gasteiger partial charge on any atom is -0.444 e. The van der Waals surface area contributed by atoms with Gasteiger partial charge in [0.1, 0.15) is 11.8 Å². The molecular weight excluding hydrogens is 298 g/mol. The summed E-state index contributed by atoms with van der Waals surface area (Å²) in [6.45, 7) is 3.62. The molecule has 6 heteroatoms. The summed E-state index contributed by atoms with van der Waals surface area (Å²) in [4.78, 5) is 20.0. The lowest BCUT2D eigenvalue weighted by Crippen LogP contribution is -2.26. The number of oxazole rings is 1. The Morgan fingerprint density at radius 3 is 2.83 bits per heavy atom. The highest BCUT2D eigenvalue weighted by molar-refractivity contribution is 9.10. The average molecular weight is 310 g/mol. The van der Waals surface area contributed by atoms with Gasteiger partial charge in [0.2, 0.25) is 5.89 Å². The SMILES string of the molecule is Cc1cnc(C(C)NC(=O)c2cncc(Br)c2)o1. The van der Waals surface area contributed by atoms with E-state index in [2.05, 4.69) is 31.2 Å². The van der Waals surface area contributed by atoms with E-state index in [1.54, 1.807) is 18.5 Å². The summed E-state index contributed by atoms with van der Waals surface area (Å²) in [7, 11) is 0. The monoisotopic (exact) mass is 309 g/mol. The van der Waals surface area contributed by atoms with Gasteiger partial charge in [-0.3, -0.25) is 9.78 Å². The third-order valence-corrected chi connectivity index (χ3v) is 2.76. The Labute approximate surface area is 113 Å². The van der Waals surface area contributed by atoms with E-state index in [0.29, 0.717) is 11.5 Å². The molecule has 0 spiro atoms. The smallest absolute Gasteiger partial charge is 0.253 e. The van der Waals surface area contributed by atoms with Gasteiger partial charge >= 0.3 is 0 Å². The van der Waals surface area contributed by atoms with Crippen LogP contribution in [0.15, 0.2) is 33.5 Å². The highest BCUT2D eigenvalue weighted by atomic mass is 79.9. The number of rotatable bonds is 3. The average Bonchev–Trinajstić information content (AvgIpc) is 2.76. The molecule has 0 aromatic carbocycles. The Bertz CT molecular complexity index is 568. The fourth-order valence-electron chi connectivity index (χ4n) is 1.45. The highest BCUT2D eigenvalue weighted by Gasteiger charge is 2.15. The first kappa shape index (κ1) is 12.8.